The van der Waals surface area contributed by atoms with Gasteiger partial charge in [0.15, 0.2) is 0 Å². The largest absolute Gasteiger partial charge is 0.341 e. The number of hydrogen-bond donors (Lipinski definition) is 0. The number of carbonyl (C=O) groups excluding carboxylic acids is 1. The summed E-state index contributed by atoms with van der Waals surface area (Å²) in [5.41, 5.74) is 0.840. The van der Waals surface area contributed by atoms with Crippen LogP contribution in [0.4, 0.5) is 5.69 Å². The van der Waals surface area contributed by atoms with Gasteiger partial charge in [0.05, 0.1) is 4.92 Å². The van der Waals surface area contributed by atoms with Crippen molar-refractivity contribution in [3.63, 3.8) is 0 Å². The van der Waals surface area contributed by atoms with Gasteiger partial charge in [0.2, 0.25) is 0 Å². The van der Waals surface area contributed by atoms with E-state index in [9.17, 15) is 14.9 Å². The van der Waals surface area contributed by atoms with Gasteiger partial charge in [-0.05, 0) is 37.3 Å². The molecule has 0 radical (unpaired) electrons. The minimum atomic E-state index is -0.515. The molecule has 0 bridgehead atoms. The number of nitrogens with zero attached hydrogens (tertiary/aromatic N) is 2. The zero-order valence-electron chi connectivity index (χ0n) is 11.5. The van der Waals surface area contributed by atoms with E-state index in [1.807, 2.05) is 6.92 Å². The maximum Gasteiger partial charge on any atom is 0.282 e. The average molecular weight is 297 g/mol. The molecule has 1 amide bonds. The molecule has 1 aliphatic rings. The highest BCUT2D eigenvalue weighted by Gasteiger charge is 2.30. The van der Waals surface area contributed by atoms with Crippen molar-refractivity contribution in [2.45, 2.75) is 25.1 Å². The van der Waals surface area contributed by atoms with Gasteiger partial charge in [-0.15, -0.1) is 11.6 Å². The van der Waals surface area contributed by atoms with Crippen molar-refractivity contribution >= 4 is 23.2 Å². The van der Waals surface area contributed by atoms with Crippen LogP contribution < -0.4 is 0 Å². The number of amides is 1. The number of rotatable bonds is 4. The zero-order chi connectivity index (χ0) is 14.9. The first kappa shape index (κ1) is 14.8. The summed E-state index contributed by atoms with van der Waals surface area (Å²) in [6.45, 7) is 2.40. The van der Waals surface area contributed by atoms with Gasteiger partial charge in [-0.25, -0.2) is 0 Å². The number of alkyl halides is 1. The summed E-state index contributed by atoms with van der Waals surface area (Å²) in [5.74, 6) is 0.0914. The standard InChI is InChI=1S/C14H17ClN2O3/c1-9-3-4-13(17(19)20)12(5-9)14(18)16(2)8-10-6-11(15)7-10/h3-5,10-11H,6-8H2,1-2H3. The van der Waals surface area contributed by atoms with Gasteiger partial charge in [0.1, 0.15) is 5.56 Å². The molecule has 0 spiro atoms. The summed E-state index contributed by atoms with van der Waals surface area (Å²) in [4.78, 5) is 24.4. The second kappa shape index (κ2) is 5.79. The normalized spacial score (nSPS) is 21.1. The molecule has 0 aliphatic heterocycles. The molecule has 108 valence electrons. The van der Waals surface area contributed by atoms with E-state index in [1.165, 1.54) is 6.07 Å². The van der Waals surface area contributed by atoms with E-state index >= 15 is 0 Å². The van der Waals surface area contributed by atoms with E-state index in [2.05, 4.69) is 0 Å². The van der Waals surface area contributed by atoms with E-state index < -0.39 is 4.92 Å². The zero-order valence-corrected chi connectivity index (χ0v) is 12.3. The summed E-state index contributed by atoms with van der Waals surface area (Å²) in [7, 11) is 1.68. The number of nitro benzene ring substituents is 1. The summed E-state index contributed by atoms with van der Waals surface area (Å²) in [6, 6.07) is 4.59. The van der Waals surface area contributed by atoms with Gasteiger partial charge in [0, 0.05) is 25.0 Å². The quantitative estimate of drug-likeness (QED) is 0.487. The van der Waals surface area contributed by atoms with Gasteiger partial charge in [0.25, 0.3) is 11.6 Å². The molecule has 2 rings (SSSR count). The lowest BCUT2D eigenvalue weighted by molar-refractivity contribution is -0.385. The summed E-state index contributed by atoms with van der Waals surface area (Å²) >= 11 is 5.92. The lowest BCUT2D eigenvalue weighted by atomic mass is 9.84. The highest BCUT2D eigenvalue weighted by molar-refractivity contribution is 6.21. The Hall–Kier alpha value is -1.62. The molecular formula is C14H17ClN2O3. The molecule has 1 fully saturated rings. The van der Waals surface area contributed by atoms with Crippen molar-refractivity contribution in [1.82, 2.24) is 4.90 Å². The molecule has 0 atom stereocenters. The molecule has 1 aromatic carbocycles. The first-order valence-corrected chi connectivity index (χ1v) is 6.96. The van der Waals surface area contributed by atoms with Crippen LogP contribution in [0, 0.1) is 23.0 Å². The van der Waals surface area contributed by atoms with Crippen LogP contribution >= 0.6 is 11.6 Å². The number of benzene rings is 1. The Morgan fingerprint density at radius 3 is 2.70 bits per heavy atom. The van der Waals surface area contributed by atoms with Crippen LogP contribution in [-0.4, -0.2) is 34.7 Å². The fourth-order valence-corrected chi connectivity index (χ4v) is 2.96. The smallest absolute Gasteiger partial charge is 0.282 e. The molecule has 0 heterocycles. The second-order valence-electron chi connectivity index (χ2n) is 5.40. The van der Waals surface area contributed by atoms with Crippen LogP contribution in [-0.2, 0) is 0 Å². The van der Waals surface area contributed by atoms with Gasteiger partial charge in [-0.1, -0.05) is 6.07 Å². The Kier molecular flexibility index (Phi) is 4.28. The lowest BCUT2D eigenvalue weighted by Gasteiger charge is -2.34. The van der Waals surface area contributed by atoms with E-state index in [-0.39, 0.29) is 22.5 Å². The van der Waals surface area contributed by atoms with Gasteiger partial charge in [-0.3, -0.25) is 14.9 Å². The van der Waals surface area contributed by atoms with Crippen LogP contribution in [0.5, 0.6) is 0 Å². The van der Waals surface area contributed by atoms with Crippen LogP contribution in [0.3, 0.4) is 0 Å². The van der Waals surface area contributed by atoms with Crippen LogP contribution in [0.1, 0.15) is 28.8 Å². The number of nitro groups is 1. The van der Waals surface area contributed by atoms with E-state index in [0.717, 1.165) is 18.4 Å². The topological polar surface area (TPSA) is 63.5 Å². The van der Waals surface area contributed by atoms with Gasteiger partial charge in [-0.2, -0.15) is 0 Å². The Morgan fingerprint density at radius 2 is 2.15 bits per heavy atom. The van der Waals surface area contributed by atoms with Gasteiger partial charge >= 0.3 is 0 Å². The fourth-order valence-electron chi connectivity index (χ4n) is 2.46. The molecule has 0 aromatic heterocycles. The third-order valence-electron chi connectivity index (χ3n) is 3.64. The van der Waals surface area contributed by atoms with Crippen molar-refractivity contribution in [1.29, 1.82) is 0 Å². The maximum atomic E-state index is 12.4. The highest BCUT2D eigenvalue weighted by Crippen LogP contribution is 2.32. The number of hydrogen-bond acceptors (Lipinski definition) is 3. The Bertz CT molecular complexity index is 541. The van der Waals surface area contributed by atoms with Crippen molar-refractivity contribution in [2.24, 2.45) is 5.92 Å². The number of aryl methyl sites for hydroxylation is 1. The SMILES string of the molecule is Cc1ccc([N+](=O)[O-])c(C(=O)N(C)CC2CC(Cl)C2)c1. The first-order chi connectivity index (χ1) is 9.38. The third-order valence-corrected chi connectivity index (χ3v) is 3.99. The van der Waals surface area contributed by atoms with Gasteiger partial charge < -0.3 is 4.90 Å². The fraction of sp³-hybridized carbons (Fsp3) is 0.500. The molecule has 20 heavy (non-hydrogen) atoms. The Balaban J connectivity index is 2.15. The second-order valence-corrected chi connectivity index (χ2v) is 6.02. The lowest BCUT2D eigenvalue weighted by Crippen LogP contribution is -2.38. The minimum absolute atomic E-state index is 0.142. The minimum Gasteiger partial charge on any atom is -0.341 e. The Morgan fingerprint density at radius 1 is 1.50 bits per heavy atom. The molecular weight excluding hydrogens is 280 g/mol. The van der Waals surface area contributed by atoms with Crippen molar-refractivity contribution in [3.8, 4) is 0 Å². The predicted molar refractivity (Wildman–Crippen MR) is 77.2 cm³/mol. The number of carbonyl (C=O) groups is 1. The molecule has 1 aliphatic carbocycles. The third kappa shape index (κ3) is 3.10. The summed E-state index contributed by atoms with van der Waals surface area (Å²) in [5, 5.41) is 11.2. The van der Waals surface area contributed by atoms with Crippen LogP contribution in [0.15, 0.2) is 18.2 Å². The summed E-state index contributed by atoms with van der Waals surface area (Å²) < 4.78 is 0. The first-order valence-electron chi connectivity index (χ1n) is 6.53. The van der Waals surface area contributed by atoms with Crippen molar-refractivity contribution in [2.75, 3.05) is 13.6 Å². The molecule has 0 unspecified atom stereocenters. The molecule has 0 saturated heterocycles. The maximum absolute atomic E-state index is 12.4. The molecule has 1 saturated carbocycles. The van der Waals surface area contributed by atoms with Crippen LogP contribution in [0.2, 0.25) is 0 Å². The monoisotopic (exact) mass is 296 g/mol. The van der Waals surface area contributed by atoms with E-state index in [0.29, 0.717) is 12.5 Å². The van der Waals surface area contributed by atoms with Crippen molar-refractivity contribution < 1.29 is 9.72 Å². The number of halogens is 1. The molecule has 5 nitrogen and oxygen atoms in total. The van der Waals surface area contributed by atoms with E-state index in [1.54, 1.807) is 24.1 Å². The average Bonchev–Trinajstić information content (AvgIpc) is 2.35. The molecule has 1 aromatic rings. The predicted octanol–water partition coefficient (Wildman–Crippen LogP) is 2.99. The Labute approximate surface area is 122 Å². The molecule has 6 heteroatoms. The van der Waals surface area contributed by atoms with Crippen molar-refractivity contribution in [3.05, 3.63) is 39.4 Å². The highest BCUT2D eigenvalue weighted by atomic mass is 35.5. The van der Waals surface area contributed by atoms with E-state index in [4.69, 9.17) is 11.6 Å². The van der Waals surface area contributed by atoms with Crippen LogP contribution in [0.25, 0.3) is 0 Å². The molecule has 0 N–H and O–H groups in total. The summed E-state index contributed by atoms with van der Waals surface area (Å²) in [6.07, 6.45) is 1.80.